The van der Waals surface area contributed by atoms with Gasteiger partial charge in [0.1, 0.15) is 5.82 Å². The normalized spacial score (nSPS) is 10.7. The van der Waals surface area contributed by atoms with Crippen LogP contribution in [-0.2, 0) is 11.2 Å². The highest BCUT2D eigenvalue weighted by atomic mass is 19.3. The lowest BCUT2D eigenvalue weighted by atomic mass is 10.1. The van der Waals surface area contributed by atoms with Gasteiger partial charge in [-0.25, -0.2) is 13.2 Å². The van der Waals surface area contributed by atoms with Crippen LogP contribution in [0.3, 0.4) is 0 Å². The van der Waals surface area contributed by atoms with Gasteiger partial charge in [-0.05, 0) is 13.0 Å². The molecule has 1 N–H and O–H groups in total. The number of carbonyl (C=O) groups is 1. The molecule has 0 atom stereocenters. The predicted molar refractivity (Wildman–Crippen MR) is 45.2 cm³/mol. The van der Waals surface area contributed by atoms with E-state index in [9.17, 15) is 18.0 Å². The van der Waals surface area contributed by atoms with E-state index in [1.807, 2.05) is 0 Å². The molecule has 0 bridgehead atoms. The Labute approximate surface area is 83.6 Å². The summed E-state index contributed by atoms with van der Waals surface area (Å²) in [6.07, 6.45) is -3.57. The van der Waals surface area contributed by atoms with Crippen LogP contribution in [0.5, 0.6) is 0 Å². The molecule has 15 heavy (non-hydrogen) atoms. The first-order chi connectivity index (χ1) is 6.91. The fraction of sp³-hybridized carbons (Fsp3) is 0.333. The van der Waals surface area contributed by atoms with Crippen LogP contribution in [0.15, 0.2) is 6.07 Å². The monoisotopic (exact) mass is 219 g/mol. The lowest BCUT2D eigenvalue weighted by Crippen LogP contribution is -2.08. The van der Waals surface area contributed by atoms with Crippen molar-refractivity contribution in [2.24, 2.45) is 0 Å². The second kappa shape index (κ2) is 4.29. The van der Waals surface area contributed by atoms with Crippen molar-refractivity contribution in [3.63, 3.8) is 0 Å². The molecule has 82 valence electrons. The Hall–Kier alpha value is -1.59. The number of nitrogens with zero attached hydrogens (tertiary/aromatic N) is 1. The van der Waals surface area contributed by atoms with Gasteiger partial charge in [-0.2, -0.15) is 0 Å². The predicted octanol–water partition coefficient (Wildman–Crippen LogP) is 2.09. The Balaban J connectivity index is 3.21. The fourth-order valence-corrected chi connectivity index (χ4v) is 1.12. The number of pyridine rings is 1. The molecule has 3 nitrogen and oxygen atoms in total. The number of carboxylic acids is 1. The van der Waals surface area contributed by atoms with Crippen molar-refractivity contribution in [3.8, 4) is 0 Å². The zero-order chi connectivity index (χ0) is 11.6. The van der Waals surface area contributed by atoms with Gasteiger partial charge in [0, 0.05) is 5.56 Å². The highest BCUT2D eigenvalue weighted by molar-refractivity contribution is 5.70. The third kappa shape index (κ3) is 2.68. The number of alkyl halides is 2. The Morgan fingerprint density at radius 2 is 2.20 bits per heavy atom. The highest BCUT2D eigenvalue weighted by Gasteiger charge is 2.18. The molecule has 0 unspecified atom stereocenters. The lowest BCUT2D eigenvalue weighted by molar-refractivity contribution is -0.136. The topological polar surface area (TPSA) is 50.2 Å². The third-order valence-electron chi connectivity index (χ3n) is 1.82. The van der Waals surface area contributed by atoms with Crippen molar-refractivity contribution < 1.29 is 23.1 Å². The number of aryl methyl sites for hydroxylation is 1. The van der Waals surface area contributed by atoms with Crippen LogP contribution in [0.2, 0.25) is 0 Å². The zero-order valence-electron chi connectivity index (χ0n) is 7.80. The molecule has 1 aromatic rings. The molecule has 0 saturated heterocycles. The summed E-state index contributed by atoms with van der Waals surface area (Å²) in [7, 11) is 0. The standard InChI is InChI=1S/C9H8F3NO2/c1-4-6(10)2-5(9(11)12)7(13-4)3-8(14)15/h2,9H,3H2,1H3,(H,14,15). The molecule has 0 aliphatic carbocycles. The van der Waals surface area contributed by atoms with E-state index in [0.29, 0.717) is 6.07 Å². The van der Waals surface area contributed by atoms with E-state index < -0.39 is 30.2 Å². The largest absolute Gasteiger partial charge is 0.481 e. The third-order valence-corrected chi connectivity index (χ3v) is 1.82. The zero-order valence-corrected chi connectivity index (χ0v) is 7.80. The van der Waals surface area contributed by atoms with E-state index >= 15 is 0 Å². The molecular formula is C9H8F3NO2. The first-order valence-corrected chi connectivity index (χ1v) is 4.07. The van der Waals surface area contributed by atoms with E-state index in [0.717, 1.165) is 0 Å². The molecular weight excluding hydrogens is 211 g/mol. The van der Waals surface area contributed by atoms with Crippen molar-refractivity contribution in [3.05, 3.63) is 28.8 Å². The molecule has 0 radical (unpaired) electrons. The van der Waals surface area contributed by atoms with Crippen molar-refractivity contribution in [1.29, 1.82) is 0 Å². The number of halogens is 3. The number of aromatic nitrogens is 1. The van der Waals surface area contributed by atoms with E-state index in [1.54, 1.807) is 0 Å². The van der Waals surface area contributed by atoms with Gasteiger partial charge in [-0.1, -0.05) is 0 Å². The second-order valence-electron chi connectivity index (χ2n) is 2.96. The molecule has 1 rings (SSSR count). The van der Waals surface area contributed by atoms with E-state index in [1.165, 1.54) is 6.92 Å². The van der Waals surface area contributed by atoms with Crippen LogP contribution < -0.4 is 0 Å². The maximum absolute atomic E-state index is 12.9. The van der Waals surface area contributed by atoms with Gasteiger partial charge in [0.15, 0.2) is 0 Å². The lowest BCUT2D eigenvalue weighted by Gasteiger charge is -2.07. The molecule has 0 amide bonds. The van der Waals surface area contributed by atoms with Crippen LogP contribution in [-0.4, -0.2) is 16.1 Å². The molecule has 0 saturated carbocycles. The van der Waals surface area contributed by atoms with E-state index in [2.05, 4.69) is 4.98 Å². The molecule has 0 fully saturated rings. The molecule has 1 heterocycles. The number of hydrogen-bond acceptors (Lipinski definition) is 2. The first kappa shape index (κ1) is 11.5. The molecule has 0 spiro atoms. The molecule has 0 aliphatic heterocycles. The number of hydrogen-bond donors (Lipinski definition) is 1. The minimum atomic E-state index is -2.93. The summed E-state index contributed by atoms with van der Waals surface area (Å²) in [5, 5.41) is 8.45. The Bertz CT molecular complexity index is 393. The van der Waals surface area contributed by atoms with Crippen LogP contribution >= 0.6 is 0 Å². The second-order valence-corrected chi connectivity index (χ2v) is 2.96. The maximum Gasteiger partial charge on any atom is 0.309 e. The average Bonchev–Trinajstić information content (AvgIpc) is 2.09. The van der Waals surface area contributed by atoms with Crippen LogP contribution in [0, 0.1) is 12.7 Å². The summed E-state index contributed by atoms with van der Waals surface area (Å²) in [5.74, 6) is -2.14. The molecule has 1 aromatic heterocycles. The van der Waals surface area contributed by atoms with Gasteiger partial charge in [-0.3, -0.25) is 9.78 Å². The Kier molecular flexibility index (Phi) is 3.28. The minimum Gasteiger partial charge on any atom is -0.481 e. The summed E-state index contributed by atoms with van der Waals surface area (Å²) >= 11 is 0. The van der Waals surface area contributed by atoms with E-state index in [-0.39, 0.29) is 11.4 Å². The molecule has 0 aliphatic rings. The summed E-state index contributed by atoms with van der Waals surface area (Å²) in [6.45, 7) is 1.29. The molecule has 6 heteroatoms. The highest BCUT2D eigenvalue weighted by Crippen LogP contribution is 2.23. The first-order valence-electron chi connectivity index (χ1n) is 4.07. The maximum atomic E-state index is 12.9. The number of carboxylic acid groups (broad SMARTS) is 1. The fourth-order valence-electron chi connectivity index (χ4n) is 1.12. The smallest absolute Gasteiger partial charge is 0.309 e. The van der Waals surface area contributed by atoms with Crippen molar-refractivity contribution in [2.45, 2.75) is 19.8 Å². The van der Waals surface area contributed by atoms with Crippen molar-refractivity contribution in [1.82, 2.24) is 4.98 Å². The van der Waals surface area contributed by atoms with Gasteiger partial charge in [0.05, 0.1) is 17.8 Å². The van der Waals surface area contributed by atoms with Gasteiger partial charge in [0.25, 0.3) is 6.43 Å². The van der Waals surface area contributed by atoms with Crippen LogP contribution in [0.4, 0.5) is 13.2 Å². The summed E-state index contributed by atoms with van der Waals surface area (Å²) in [6, 6.07) is 0.630. The van der Waals surface area contributed by atoms with E-state index in [4.69, 9.17) is 5.11 Å². The van der Waals surface area contributed by atoms with Gasteiger partial charge in [-0.15, -0.1) is 0 Å². The Morgan fingerprint density at radius 1 is 1.60 bits per heavy atom. The minimum absolute atomic E-state index is 0.0874. The van der Waals surface area contributed by atoms with Gasteiger partial charge >= 0.3 is 5.97 Å². The summed E-state index contributed by atoms with van der Waals surface area (Å²) in [4.78, 5) is 13.9. The number of rotatable bonds is 3. The Morgan fingerprint density at radius 3 is 2.67 bits per heavy atom. The SMILES string of the molecule is Cc1nc(CC(=O)O)c(C(F)F)cc1F. The van der Waals surface area contributed by atoms with Gasteiger partial charge < -0.3 is 5.11 Å². The van der Waals surface area contributed by atoms with Crippen LogP contribution in [0.1, 0.15) is 23.4 Å². The average molecular weight is 219 g/mol. The summed E-state index contributed by atoms with van der Waals surface area (Å²) in [5.41, 5.74) is -1.05. The van der Waals surface area contributed by atoms with Crippen molar-refractivity contribution >= 4 is 5.97 Å². The molecule has 0 aromatic carbocycles. The number of aliphatic carboxylic acids is 1. The van der Waals surface area contributed by atoms with Gasteiger partial charge in [0.2, 0.25) is 0 Å². The van der Waals surface area contributed by atoms with Crippen molar-refractivity contribution in [2.75, 3.05) is 0 Å². The quantitative estimate of drug-likeness (QED) is 0.846. The summed E-state index contributed by atoms with van der Waals surface area (Å²) < 4.78 is 37.7. The van der Waals surface area contributed by atoms with Crippen LogP contribution in [0.25, 0.3) is 0 Å².